The van der Waals surface area contributed by atoms with Crippen molar-refractivity contribution in [2.45, 2.75) is 45.8 Å². The highest BCUT2D eigenvalue weighted by molar-refractivity contribution is 5.89. The monoisotopic (exact) mass is 254 g/mol. The molecule has 18 heavy (non-hydrogen) atoms. The number of carbonyl (C=O) groups excluding carboxylic acids is 1. The number of likely N-dealkylation sites (N-methyl/N-ethyl adjacent to an activating group) is 1. The molecule has 2 atom stereocenters. The van der Waals surface area contributed by atoms with Crippen molar-refractivity contribution in [1.29, 1.82) is 0 Å². The van der Waals surface area contributed by atoms with Gasteiger partial charge in [0.15, 0.2) is 0 Å². The summed E-state index contributed by atoms with van der Waals surface area (Å²) in [7, 11) is 0. The lowest BCUT2D eigenvalue weighted by molar-refractivity contribution is -0.178. The van der Waals surface area contributed by atoms with Gasteiger partial charge in [-0.1, -0.05) is 19.9 Å². The molecule has 0 aromatic carbocycles. The molecule has 1 amide bonds. The number of hydrogen-bond donors (Lipinski definition) is 1. The lowest BCUT2D eigenvalue weighted by Crippen LogP contribution is -2.76. The summed E-state index contributed by atoms with van der Waals surface area (Å²) < 4.78 is 5.64. The van der Waals surface area contributed by atoms with E-state index in [1.807, 2.05) is 27.7 Å². The normalized spacial score (nSPS) is 29.5. The van der Waals surface area contributed by atoms with Gasteiger partial charge in [-0.25, -0.2) is 0 Å². The zero-order valence-electron chi connectivity index (χ0n) is 12.0. The third kappa shape index (κ3) is 2.19. The number of nitrogens with zero attached hydrogens (tertiary/aromatic N) is 1. The first-order valence-corrected chi connectivity index (χ1v) is 6.65. The first kappa shape index (κ1) is 15.2. The highest BCUT2D eigenvalue weighted by Gasteiger charge is 2.63. The summed E-state index contributed by atoms with van der Waals surface area (Å²) in [6.45, 7) is 13.5. The molecular weight excluding hydrogens is 228 g/mol. The van der Waals surface area contributed by atoms with Crippen LogP contribution in [0.15, 0.2) is 12.7 Å². The second-order valence-corrected chi connectivity index (χ2v) is 5.47. The van der Waals surface area contributed by atoms with Gasteiger partial charge < -0.3 is 15.4 Å². The predicted molar refractivity (Wildman–Crippen MR) is 73.2 cm³/mol. The fraction of sp³-hybridized carbons (Fsp3) is 0.786. The predicted octanol–water partition coefficient (Wildman–Crippen LogP) is 1.55. The van der Waals surface area contributed by atoms with Crippen molar-refractivity contribution in [3.8, 4) is 0 Å². The molecule has 0 saturated heterocycles. The molecule has 1 fully saturated rings. The van der Waals surface area contributed by atoms with Crippen LogP contribution < -0.4 is 5.73 Å². The maximum atomic E-state index is 12.5. The molecule has 1 saturated carbocycles. The van der Waals surface area contributed by atoms with E-state index >= 15 is 0 Å². The Kier molecular flexibility index (Phi) is 4.56. The minimum Gasteiger partial charge on any atom is -0.378 e. The van der Waals surface area contributed by atoms with Crippen LogP contribution in [0.1, 0.15) is 34.1 Å². The zero-order chi connectivity index (χ0) is 14.0. The van der Waals surface area contributed by atoms with Gasteiger partial charge in [-0.2, -0.15) is 0 Å². The molecule has 2 unspecified atom stereocenters. The number of ether oxygens (including phenoxy) is 1. The quantitative estimate of drug-likeness (QED) is 0.732. The summed E-state index contributed by atoms with van der Waals surface area (Å²) in [5.41, 5.74) is 5.21. The average Bonchev–Trinajstić information content (AvgIpc) is 2.34. The Hall–Kier alpha value is -0.870. The lowest BCUT2D eigenvalue weighted by Gasteiger charge is -2.58. The van der Waals surface area contributed by atoms with Crippen molar-refractivity contribution in [2.24, 2.45) is 11.1 Å². The van der Waals surface area contributed by atoms with Gasteiger partial charge in [0, 0.05) is 31.5 Å². The summed E-state index contributed by atoms with van der Waals surface area (Å²) in [5, 5.41) is 0. The fourth-order valence-corrected chi connectivity index (χ4v) is 2.59. The Morgan fingerprint density at radius 3 is 2.56 bits per heavy atom. The van der Waals surface area contributed by atoms with E-state index in [0.717, 1.165) is 0 Å². The topological polar surface area (TPSA) is 55.6 Å². The molecule has 4 heteroatoms. The van der Waals surface area contributed by atoms with E-state index in [9.17, 15) is 4.79 Å². The lowest BCUT2D eigenvalue weighted by atomic mass is 9.54. The van der Waals surface area contributed by atoms with Crippen LogP contribution >= 0.6 is 0 Å². The van der Waals surface area contributed by atoms with E-state index < -0.39 is 5.54 Å². The molecule has 4 nitrogen and oxygen atoms in total. The minimum absolute atomic E-state index is 0.00542. The molecule has 1 rings (SSSR count). The summed E-state index contributed by atoms with van der Waals surface area (Å²) in [5.74, 6) is 0.00542. The third-order valence-electron chi connectivity index (χ3n) is 4.23. The van der Waals surface area contributed by atoms with Crippen LogP contribution in [0.5, 0.6) is 0 Å². The second kappa shape index (κ2) is 5.41. The average molecular weight is 254 g/mol. The molecule has 0 aromatic rings. The number of rotatable bonds is 6. The smallest absolute Gasteiger partial charge is 0.243 e. The first-order chi connectivity index (χ1) is 8.35. The highest BCUT2D eigenvalue weighted by Crippen LogP contribution is 2.50. The molecule has 0 bridgehead atoms. The number of nitrogens with two attached hydrogens (primary N) is 1. The van der Waals surface area contributed by atoms with Gasteiger partial charge in [0.25, 0.3) is 0 Å². The van der Waals surface area contributed by atoms with Crippen LogP contribution in [-0.2, 0) is 9.53 Å². The first-order valence-electron chi connectivity index (χ1n) is 6.65. The third-order valence-corrected chi connectivity index (χ3v) is 4.23. The molecular formula is C14H26N2O2. The van der Waals surface area contributed by atoms with E-state index in [-0.39, 0.29) is 17.4 Å². The molecule has 0 aromatic heterocycles. The largest absolute Gasteiger partial charge is 0.378 e. The zero-order valence-corrected chi connectivity index (χ0v) is 12.0. The molecule has 1 aliphatic rings. The number of carbonyl (C=O) groups is 1. The maximum Gasteiger partial charge on any atom is 0.243 e. The Balaban J connectivity index is 2.82. The van der Waals surface area contributed by atoms with Crippen molar-refractivity contribution in [3.05, 3.63) is 12.7 Å². The molecule has 0 spiro atoms. The van der Waals surface area contributed by atoms with Gasteiger partial charge >= 0.3 is 0 Å². The van der Waals surface area contributed by atoms with Gasteiger partial charge in [-0.05, 0) is 13.8 Å². The van der Waals surface area contributed by atoms with Gasteiger partial charge in [-0.15, -0.1) is 6.58 Å². The summed E-state index contributed by atoms with van der Waals surface area (Å²) in [4.78, 5) is 14.3. The standard InChI is InChI=1S/C14H26N2O2/c1-6-9-16(7-2)12(17)14(15)10-11(18-8-3)13(14,4)5/h6,11H,1,7-10,15H2,2-5H3. The van der Waals surface area contributed by atoms with Gasteiger partial charge in [0.05, 0.1) is 6.10 Å². The molecule has 2 N–H and O–H groups in total. The van der Waals surface area contributed by atoms with Crippen molar-refractivity contribution < 1.29 is 9.53 Å². The van der Waals surface area contributed by atoms with Crippen molar-refractivity contribution in [1.82, 2.24) is 4.90 Å². The van der Waals surface area contributed by atoms with E-state index in [2.05, 4.69) is 6.58 Å². The minimum atomic E-state index is -0.814. The van der Waals surface area contributed by atoms with Crippen LogP contribution in [-0.4, -0.2) is 42.1 Å². The SMILES string of the molecule is C=CCN(CC)C(=O)C1(N)CC(OCC)C1(C)C. The number of amides is 1. The second-order valence-electron chi connectivity index (χ2n) is 5.47. The summed E-state index contributed by atoms with van der Waals surface area (Å²) in [6, 6.07) is 0. The summed E-state index contributed by atoms with van der Waals surface area (Å²) in [6.07, 6.45) is 2.40. The van der Waals surface area contributed by atoms with Gasteiger partial charge in [0.1, 0.15) is 5.54 Å². The highest BCUT2D eigenvalue weighted by atomic mass is 16.5. The van der Waals surface area contributed by atoms with Gasteiger partial charge in [0.2, 0.25) is 5.91 Å². The molecule has 1 aliphatic carbocycles. The maximum absolute atomic E-state index is 12.5. The van der Waals surface area contributed by atoms with Crippen LogP contribution in [0.4, 0.5) is 0 Å². The molecule has 0 radical (unpaired) electrons. The Bertz CT molecular complexity index is 328. The molecule has 0 heterocycles. The van der Waals surface area contributed by atoms with Crippen LogP contribution in [0.2, 0.25) is 0 Å². The number of hydrogen-bond acceptors (Lipinski definition) is 3. The van der Waals surface area contributed by atoms with Crippen LogP contribution in [0, 0.1) is 5.41 Å². The van der Waals surface area contributed by atoms with Crippen molar-refractivity contribution >= 4 is 5.91 Å². The molecule has 104 valence electrons. The van der Waals surface area contributed by atoms with Crippen LogP contribution in [0.3, 0.4) is 0 Å². The Morgan fingerprint density at radius 2 is 2.17 bits per heavy atom. The summed E-state index contributed by atoms with van der Waals surface area (Å²) >= 11 is 0. The van der Waals surface area contributed by atoms with E-state index in [0.29, 0.717) is 26.1 Å². The van der Waals surface area contributed by atoms with Crippen molar-refractivity contribution in [2.75, 3.05) is 19.7 Å². The van der Waals surface area contributed by atoms with Crippen LogP contribution in [0.25, 0.3) is 0 Å². The van der Waals surface area contributed by atoms with E-state index in [4.69, 9.17) is 10.5 Å². The van der Waals surface area contributed by atoms with E-state index in [1.165, 1.54) is 0 Å². The fourth-order valence-electron chi connectivity index (χ4n) is 2.59. The van der Waals surface area contributed by atoms with E-state index in [1.54, 1.807) is 11.0 Å². The Morgan fingerprint density at radius 1 is 1.56 bits per heavy atom. The Labute approximate surface area is 110 Å². The molecule has 0 aliphatic heterocycles. The van der Waals surface area contributed by atoms with Gasteiger partial charge in [-0.3, -0.25) is 4.79 Å². The van der Waals surface area contributed by atoms with Crippen molar-refractivity contribution in [3.63, 3.8) is 0 Å².